The van der Waals surface area contributed by atoms with E-state index in [-0.39, 0.29) is 11.6 Å². The molecule has 1 aromatic carbocycles. The van der Waals surface area contributed by atoms with Crippen LogP contribution >= 0.6 is 23.2 Å². The maximum atomic E-state index is 12.6. The van der Waals surface area contributed by atoms with Crippen LogP contribution in [0.1, 0.15) is 29.0 Å². The first-order valence-corrected chi connectivity index (χ1v) is 8.20. The molecular weight excluding hydrogens is 353 g/mol. The number of carbonyl (C=O) groups excluding carboxylic acids is 1. The summed E-state index contributed by atoms with van der Waals surface area (Å²) in [7, 11) is 0. The molecule has 6 nitrogen and oxygen atoms in total. The summed E-state index contributed by atoms with van der Waals surface area (Å²) < 4.78 is 1.58. The highest BCUT2D eigenvalue weighted by atomic mass is 35.5. The molecule has 1 saturated heterocycles. The minimum absolute atomic E-state index is 0.215. The summed E-state index contributed by atoms with van der Waals surface area (Å²) in [6.07, 6.45) is 1.14. The standard InChI is InChI=1S/C16H15Cl2N3O3/c1-9-7-13(15(22)20-6-2-3-14(20)16(23)24)19-21(9)10-4-5-11(17)12(18)8-10/h4-5,7-8,14H,2-3,6H2,1H3,(H,23,24). The van der Waals surface area contributed by atoms with Gasteiger partial charge in [0.2, 0.25) is 0 Å². The summed E-state index contributed by atoms with van der Waals surface area (Å²) in [6, 6.07) is 5.92. The third kappa shape index (κ3) is 2.99. The Labute approximate surface area is 148 Å². The van der Waals surface area contributed by atoms with E-state index in [4.69, 9.17) is 23.2 Å². The molecule has 2 aromatic rings. The molecule has 1 N–H and O–H groups in total. The fraction of sp³-hybridized carbons (Fsp3) is 0.312. The first-order valence-electron chi connectivity index (χ1n) is 7.44. The molecule has 1 unspecified atom stereocenters. The molecule has 1 fully saturated rings. The number of aryl methyl sites for hydroxylation is 1. The van der Waals surface area contributed by atoms with Gasteiger partial charge < -0.3 is 10.0 Å². The molecular formula is C16H15Cl2N3O3. The molecule has 24 heavy (non-hydrogen) atoms. The van der Waals surface area contributed by atoms with Crippen LogP contribution in [0.2, 0.25) is 10.0 Å². The molecule has 0 bridgehead atoms. The van der Waals surface area contributed by atoms with E-state index in [1.54, 1.807) is 28.9 Å². The maximum Gasteiger partial charge on any atom is 0.326 e. The smallest absolute Gasteiger partial charge is 0.326 e. The van der Waals surface area contributed by atoms with Crippen LogP contribution in [0, 0.1) is 6.92 Å². The summed E-state index contributed by atoms with van der Waals surface area (Å²) in [6.45, 7) is 2.24. The van der Waals surface area contributed by atoms with Crippen LogP contribution < -0.4 is 0 Å². The molecule has 1 amide bonds. The van der Waals surface area contributed by atoms with Crippen molar-refractivity contribution in [2.75, 3.05) is 6.54 Å². The minimum atomic E-state index is -0.985. The van der Waals surface area contributed by atoms with Gasteiger partial charge in [-0.25, -0.2) is 9.48 Å². The number of nitrogens with zero attached hydrogens (tertiary/aromatic N) is 3. The van der Waals surface area contributed by atoms with Crippen LogP contribution in [0.25, 0.3) is 5.69 Å². The topological polar surface area (TPSA) is 75.4 Å². The fourth-order valence-corrected chi connectivity index (χ4v) is 3.16. The Kier molecular flexibility index (Phi) is 4.51. The monoisotopic (exact) mass is 367 g/mol. The molecule has 0 saturated carbocycles. The molecule has 2 heterocycles. The van der Waals surface area contributed by atoms with Crippen molar-refractivity contribution < 1.29 is 14.7 Å². The van der Waals surface area contributed by atoms with E-state index >= 15 is 0 Å². The zero-order valence-electron chi connectivity index (χ0n) is 12.9. The number of benzene rings is 1. The molecule has 0 spiro atoms. The average Bonchev–Trinajstić information content (AvgIpc) is 3.16. The minimum Gasteiger partial charge on any atom is -0.480 e. The number of halogens is 2. The van der Waals surface area contributed by atoms with Gasteiger partial charge in [-0.3, -0.25) is 4.79 Å². The Morgan fingerprint density at radius 3 is 2.67 bits per heavy atom. The largest absolute Gasteiger partial charge is 0.480 e. The van der Waals surface area contributed by atoms with E-state index in [1.165, 1.54) is 4.90 Å². The number of aliphatic carboxylic acids is 1. The lowest BCUT2D eigenvalue weighted by molar-refractivity contribution is -0.141. The fourth-order valence-electron chi connectivity index (χ4n) is 2.87. The van der Waals surface area contributed by atoms with E-state index in [2.05, 4.69) is 5.10 Å². The van der Waals surface area contributed by atoms with E-state index in [0.29, 0.717) is 35.1 Å². The van der Waals surface area contributed by atoms with E-state index in [9.17, 15) is 14.7 Å². The predicted molar refractivity (Wildman–Crippen MR) is 90.0 cm³/mol. The van der Waals surface area contributed by atoms with Crippen LogP contribution in [-0.2, 0) is 4.79 Å². The highest BCUT2D eigenvalue weighted by Gasteiger charge is 2.35. The van der Waals surface area contributed by atoms with Crippen molar-refractivity contribution in [3.63, 3.8) is 0 Å². The number of hydrogen-bond acceptors (Lipinski definition) is 3. The molecule has 126 valence electrons. The van der Waals surface area contributed by atoms with Crippen molar-refractivity contribution in [3.05, 3.63) is 45.7 Å². The zero-order chi connectivity index (χ0) is 17.4. The number of likely N-dealkylation sites (tertiary alicyclic amines) is 1. The quantitative estimate of drug-likeness (QED) is 0.903. The number of carboxylic acids is 1. The van der Waals surface area contributed by atoms with Gasteiger partial charge in [0, 0.05) is 12.2 Å². The Morgan fingerprint density at radius 1 is 1.25 bits per heavy atom. The van der Waals surface area contributed by atoms with Crippen molar-refractivity contribution in [2.45, 2.75) is 25.8 Å². The van der Waals surface area contributed by atoms with Gasteiger partial charge in [-0.1, -0.05) is 23.2 Å². The number of hydrogen-bond donors (Lipinski definition) is 1. The van der Waals surface area contributed by atoms with Crippen LogP contribution in [0.4, 0.5) is 0 Å². The molecule has 0 radical (unpaired) electrons. The molecule has 1 atom stereocenters. The third-order valence-corrected chi connectivity index (χ3v) is 4.79. The summed E-state index contributed by atoms with van der Waals surface area (Å²) in [5, 5.41) is 14.4. The lowest BCUT2D eigenvalue weighted by Gasteiger charge is -2.20. The van der Waals surface area contributed by atoms with Crippen LogP contribution in [0.15, 0.2) is 24.3 Å². The Hall–Kier alpha value is -2.05. The van der Waals surface area contributed by atoms with Crippen molar-refractivity contribution in [1.82, 2.24) is 14.7 Å². The first kappa shape index (κ1) is 16.8. The third-order valence-electron chi connectivity index (χ3n) is 4.05. The maximum absolute atomic E-state index is 12.6. The predicted octanol–water partition coefficient (Wildman–Crippen LogP) is 3.18. The van der Waals surface area contributed by atoms with Crippen LogP contribution in [0.5, 0.6) is 0 Å². The van der Waals surface area contributed by atoms with Gasteiger partial charge in [0.25, 0.3) is 5.91 Å². The Morgan fingerprint density at radius 2 is 2.00 bits per heavy atom. The highest BCUT2D eigenvalue weighted by Crippen LogP contribution is 2.26. The van der Waals surface area contributed by atoms with Crippen molar-refractivity contribution in [1.29, 1.82) is 0 Å². The second kappa shape index (κ2) is 6.45. The lowest BCUT2D eigenvalue weighted by Crippen LogP contribution is -2.40. The lowest BCUT2D eigenvalue weighted by atomic mass is 10.2. The van der Waals surface area contributed by atoms with Crippen LogP contribution in [-0.4, -0.2) is 44.3 Å². The SMILES string of the molecule is Cc1cc(C(=O)N2CCCC2C(=O)O)nn1-c1ccc(Cl)c(Cl)c1. The zero-order valence-corrected chi connectivity index (χ0v) is 14.4. The van der Waals surface area contributed by atoms with Crippen molar-refractivity contribution >= 4 is 35.1 Å². The Bertz CT molecular complexity index is 819. The van der Waals surface area contributed by atoms with E-state index in [1.807, 2.05) is 6.92 Å². The normalized spacial score (nSPS) is 17.3. The molecule has 8 heteroatoms. The summed E-state index contributed by atoms with van der Waals surface area (Å²) >= 11 is 11.9. The van der Waals surface area contributed by atoms with Gasteiger partial charge in [0.1, 0.15) is 6.04 Å². The second-order valence-corrected chi connectivity index (χ2v) is 6.49. The van der Waals surface area contributed by atoms with Gasteiger partial charge in [-0.2, -0.15) is 5.10 Å². The van der Waals surface area contributed by atoms with E-state index < -0.39 is 12.0 Å². The molecule has 3 rings (SSSR count). The summed E-state index contributed by atoms with van der Waals surface area (Å²) in [5.41, 5.74) is 1.63. The molecule has 1 aliphatic heterocycles. The van der Waals surface area contributed by atoms with Gasteiger partial charge in [0.05, 0.1) is 15.7 Å². The number of carboxylic acid groups (broad SMARTS) is 1. The number of amides is 1. The average molecular weight is 368 g/mol. The highest BCUT2D eigenvalue weighted by molar-refractivity contribution is 6.42. The van der Waals surface area contributed by atoms with Gasteiger partial charge in [0.15, 0.2) is 5.69 Å². The van der Waals surface area contributed by atoms with Crippen molar-refractivity contribution in [3.8, 4) is 5.69 Å². The number of rotatable bonds is 3. The molecule has 0 aliphatic carbocycles. The van der Waals surface area contributed by atoms with E-state index in [0.717, 1.165) is 5.69 Å². The Balaban J connectivity index is 1.92. The van der Waals surface area contributed by atoms with Crippen LogP contribution in [0.3, 0.4) is 0 Å². The summed E-state index contributed by atoms with van der Waals surface area (Å²) in [5.74, 6) is -1.36. The summed E-state index contributed by atoms with van der Waals surface area (Å²) in [4.78, 5) is 25.2. The molecule has 1 aliphatic rings. The van der Waals surface area contributed by atoms with Crippen molar-refractivity contribution in [2.24, 2.45) is 0 Å². The second-order valence-electron chi connectivity index (χ2n) is 5.68. The number of carbonyl (C=O) groups is 2. The first-order chi connectivity index (χ1) is 11.4. The molecule has 1 aromatic heterocycles. The number of aromatic nitrogens is 2. The van der Waals surface area contributed by atoms with Gasteiger partial charge in [-0.15, -0.1) is 0 Å². The van der Waals surface area contributed by atoms with Gasteiger partial charge in [-0.05, 0) is 44.0 Å². The van der Waals surface area contributed by atoms with Gasteiger partial charge >= 0.3 is 5.97 Å².